The molecule has 0 rings (SSSR count). The molecule has 64 valence electrons. The normalized spacial score (nSPS) is 16.0. The van der Waals surface area contributed by atoms with Crippen LogP contribution in [0.1, 0.15) is 13.8 Å². The van der Waals surface area contributed by atoms with E-state index in [-0.39, 0.29) is 0 Å². The lowest BCUT2D eigenvalue weighted by atomic mass is 10.2. The zero-order valence-corrected chi connectivity index (χ0v) is 7.30. The van der Waals surface area contributed by atoms with E-state index in [1.54, 1.807) is 13.8 Å². The molecule has 0 saturated heterocycles. The Morgan fingerprint density at radius 1 is 1.55 bits per heavy atom. The minimum Gasteiger partial charge on any atom is -0.508 e. The Balaban J connectivity index is 4.79. The summed E-state index contributed by atoms with van der Waals surface area (Å²) in [5.41, 5.74) is 0.421. The van der Waals surface area contributed by atoms with Crippen molar-refractivity contribution in [1.29, 1.82) is 0 Å². The van der Waals surface area contributed by atoms with E-state index in [0.29, 0.717) is 5.57 Å². The van der Waals surface area contributed by atoms with Crippen LogP contribution in [-0.4, -0.2) is 27.3 Å². The monoisotopic (exact) mass is 178 g/mol. The molecule has 0 fully saturated rings. The van der Waals surface area contributed by atoms with E-state index in [1.165, 1.54) is 0 Å². The van der Waals surface area contributed by atoms with E-state index >= 15 is 0 Å². The van der Waals surface area contributed by atoms with Crippen molar-refractivity contribution in [3.05, 3.63) is 11.3 Å². The van der Waals surface area contributed by atoms with Crippen molar-refractivity contribution < 1.29 is 19.9 Å². The van der Waals surface area contributed by atoms with Crippen molar-refractivity contribution >= 4 is 8.46 Å². The molecular weight excluding hydrogens is 167 g/mol. The maximum Gasteiger partial charge on any atom is 0.224 e. The van der Waals surface area contributed by atoms with Crippen LogP contribution in [0.5, 0.6) is 0 Å². The Morgan fingerprint density at radius 2 is 2.00 bits per heavy atom. The molecule has 3 N–H and O–H groups in total. The van der Waals surface area contributed by atoms with Gasteiger partial charge in [-0.1, -0.05) is 0 Å². The van der Waals surface area contributed by atoms with Crippen LogP contribution in [0.15, 0.2) is 11.3 Å². The average Bonchev–Trinajstić information content (AvgIpc) is 2.01. The molecule has 0 aromatic heterocycles. The van der Waals surface area contributed by atoms with Crippen LogP contribution in [0, 0.1) is 0 Å². The van der Waals surface area contributed by atoms with Crippen LogP contribution in [0.4, 0.5) is 0 Å². The number of allylic oxidation sites excluding steroid dienone is 1. The van der Waals surface area contributed by atoms with E-state index in [1.807, 2.05) is 0 Å². The topological polar surface area (TPSA) is 77.8 Å². The van der Waals surface area contributed by atoms with Gasteiger partial charge in [-0.15, -0.1) is 0 Å². The minimum absolute atomic E-state index is 0.421. The molecule has 0 spiro atoms. The predicted molar refractivity (Wildman–Crippen MR) is 40.6 cm³/mol. The summed E-state index contributed by atoms with van der Waals surface area (Å²) in [6.45, 7) is 2.32. The molecule has 1 unspecified atom stereocenters. The number of hydrogen-bond acceptors (Lipinski definition) is 4. The zero-order valence-electron chi connectivity index (χ0n) is 6.40. The summed E-state index contributed by atoms with van der Waals surface area (Å²) in [4.78, 5) is 0. The highest BCUT2D eigenvalue weighted by atomic mass is 31.1. The first-order chi connectivity index (χ1) is 4.98. The summed E-state index contributed by atoms with van der Waals surface area (Å²) in [6.07, 6.45) is 0. The highest BCUT2D eigenvalue weighted by molar-refractivity contribution is 7.26. The molecule has 0 aliphatic rings. The van der Waals surface area contributed by atoms with Gasteiger partial charge in [-0.25, -0.2) is 0 Å². The maximum absolute atomic E-state index is 10.3. The molecule has 1 atom stereocenters. The molecule has 0 aliphatic heterocycles. The molecule has 11 heavy (non-hydrogen) atoms. The number of aliphatic hydroxyl groups is 3. The minimum atomic E-state index is -2.03. The van der Waals surface area contributed by atoms with E-state index in [0.717, 1.165) is 0 Å². The quantitative estimate of drug-likeness (QED) is 0.441. The van der Waals surface area contributed by atoms with Crippen LogP contribution < -0.4 is 0 Å². The third kappa shape index (κ3) is 2.26. The summed E-state index contributed by atoms with van der Waals surface area (Å²) in [5.74, 6) is -0.448. The summed E-state index contributed by atoms with van der Waals surface area (Å²) < 4.78 is 10.3. The van der Waals surface area contributed by atoms with Gasteiger partial charge in [0.05, 0.1) is 6.61 Å². The van der Waals surface area contributed by atoms with Crippen LogP contribution in [0.3, 0.4) is 0 Å². The number of hydrogen-bond donors (Lipinski definition) is 3. The second-order valence-electron chi connectivity index (χ2n) is 2.41. The van der Waals surface area contributed by atoms with E-state index in [4.69, 9.17) is 10.2 Å². The van der Waals surface area contributed by atoms with Crippen LogP contribution in [0.25, 0.3) is 0 Å². The van der Waals surface area contributed by atoms with Gasteiger partial charge >= 0.3 is 0 Å². The zero-order chi connectivity index (χ0) is 9.07. The Kier molecular flexibility index (Phi) is 3.66. The summed E-state index contributed by atoms with van der Waals surface area (Å²) in [5, 5.41) is 24.8. The fourth-order valence-electron chi connectivity index (χ4n) is 0.547. The SMILES string of the molecule is CC(C)=C(O)C(O)(CO)P=O. The van der Waals surface area contributed by atoms with Crippen molar-refractivity contribution in [3.8, 4) is 0 Å². The van der Waals surface area contributed by atoms with Gasteiger partial charge in [-0.3, -0.25) is 4.57 Å². The van der Waals surface area contributed by atoms with Gasteiger partial charge in [0.1, 0.15) is 5.76 Å². The maximum atomic E-state index is 10.3. The Morgan fingerprint density at radius 3 is 2.09 bits per heavy atom. The van der Waals surface area contributed by atoms with Gasteiger partial charge in [0, 0.05) is 0 Å². The molecule has 0 aliphatic carbocycles. The third-order valence-electron chi connectivity index (χ3n) is 1.22. The second kappa shape index (κ2) is 3.81. The lowest BCUT2D eigenvalue weighted by molar-refractivity contribution is 0.0528. The molecule has 0 amide bonds. The van der Waals surface area contributed by atoms with Gasteiger partial charge < -0.3 is 15.3 Å². The Bertz CT molecular complexity index is 185. The summed E-state index contributed by atoms with van der Waals surface area (Å²) in [6, 6.07) is 0. The molecule has 5 heteroatoms. The van der Waals surface area contributed by atoms with Crippen molar-refractivity contribution in [2.45, 2.75) is 19.2 Å². The number of aliphatic hydroxyl groups excluding tert-OH is 2. The largest absolute Gasteiger partial charge is 0.508 e. The van der Waals surface area contributed by atoms with Crippen LogP contribution in [0.2, 0.25) is 0 Å². The molecule has 0 aromatic carbocycles. The fraction of sp³-hybridized carbons (Fsp3) is 0.667. The van der Waals surface area contributed by atoms with Crippen molar-refractivity contribution in [1.82, 2.24) is 0 Å². The van der Waals surface area contributed by atoms with Crippen molar-refractivity contribution in [2.75, 3.05) is 6.61 Å². The molecular formula is C6H11O4P. The predicted octanol–water partition coefficient (Wildman–Crippen LogP) is 0.811. The average molecular weight is 178 g/mol. The fourth-order valence-corrected chi connectivity index (χ4v) is 0.915. The molecule has 0 aromatic rings. The molecule has 0 bridgehead atoms. The first-order valence-electron chi connectivity index (χ1n) is 3.02. The van der Waals surface area contributed by atoms with E-state index in [9.17, 15) is 9.67 Å². The lowest BCUT2D eigenvalue weighted by Crippen LogP contribution is -2.29. The van der Waals surface area contributed by atoms with Gasteiger partial charge in [0.2, 0.25) is 13.8 Å². The standard InChI is InChI=1S/C6H11O4P/c1-4(2)5(8)6(9,3-7)11-10/h7-9H,3H2,1-2H3. The van der Waals surface area contributed by atoms with Gasteiger partial charge in [-0.05, 0) is 19.4 Å². The molecule has 0 heterocycles. The first-order valence-corrected chi connectivity index (χ1v) is 3.84. The molecule has 0 saturated carbocycles. The summed E-state index contributed by atoms with van der Waals surface area (Å²) in [7, 11) is -0.711. The van der Waals surface area contributed by atoms with E-state index in [2.05, 4.69) is 0 Å². The van der Waals surface area contributed by atoms with Crippen molar-refractivity contribution in [2.24, 2.45) is 0 Å². The van der Waals surface area contributed by atoms with Gasteiger partial charge in [0.25, 0.3) is 0 Å². The molecule has 4 nitrogen and oxygen atoms in total. The van der Waals surface area contributed by atoms with Crippen molar-refractivity contribution in [3.63, 3.8) is 0 Å². The lowest BCUT2D eigenvalue weighted by Gasteiger charge is -2.17. The smallest absolute Gasteiger partial charge is 0.224 e. The molecule has 0 radical (unpaired) electrons. The van der Waals surface area contributed by atoms with Gasteiger partial charge in [0.15, 0.2) is 0 Å². The van der Waals surface area contributed by atoms with E-state index < -0.39 is 26.2 Å². The highest BCUT2D eigenvalue weighted by Gasteiger charge is 2.32. The first kappa shape index (κ1) is 10.6. The number of rotatable bonds is 3. The Hall–Kier alpha value is -0.440. The van der Waals surface area contributed by atoms with Crippen LogP contribution >= 0.6 is 8.46 Å². The highest BCUT2D eigenvalue weighted by Crippen LogP contribution is 2.27. The third-order valence-corrected chi connectivity index (χ3v) is 1.88. The second-order valence-corrected chi connectivity index (χ2v) is 3.34. The van der Waals surface area contributed by atoms with Gasteiger partial charge in [-0.2, -0.15) is 0 Å². The Labute approximate surface area is 66.4 Å². The van der Waals surface area contributed by atoms with Crippen LogP contribution in [-0.2, 0) is 4.57 Å². The summed E-state index contributed by atoms with van der Waals surface area (Å²) >= 11 is 0.